The number of hydrogen-bond acceptors (Lipinski definition) is 1. The monoisotopic (exact) mass is 307 g/mol. The highest BCUT2D eigenvalue weighted by Crippen LogP contribution is 2.59. The smallest absolute Gasteiger partial charge is 0.0911 e. The van der Waals surface area contributed by atoms with E-state index in [-0.39, 0.29) is 5.41 Å². The minimum atomic E-state index is 0.245. The molecule has 0 amide bonds. The molecule has 23 heavy (non-hydrogen) atoms. The topological polar surface area (TPSA) is 12.0 Å². The van der Waals surface area contributed by atoms with Crippen molar-refractivity contribution in [3.05, 3.63) is 71.8 Å². The molecule has 1 heterocycles. The van der Waals surface area contributed by atoms with Gasteiger partial charge in [-0.25, -0.2) is 0 Å². The molecule has 4 rings (SSSR count). The second-order valence-electron chi connectivity index (χ2n) is 7.60. The van der Waals surface area contributed by atoms with Crippen molar-refractivity contribution >= 4 is 0 Å². The first-order valence-corrected chi connectivity index (χ1v) is 8.88. The third kappa shape index (κ3) is 2.71. The van der Waals surface area contributed by atoms with Crippen LogP contribution in [0.25, 0.3) is 0 Å². The van der Waals surface area contributed by atoms with Crippen LogP contribution in [0, 0.1) is 5.92 Å². The van der Waals surface area contributed by atoms with Gasteiger partial charge < -0.3 is 9.80 Å². The Balaban J connectivity index is 1.64. The Kier molecular flexibility index (Phi) is 3.74. The molecule has 0 radical (unpaired) electrons. The van der Waals surface area contributed by atoms with E-state index in [9.17, 15) is 0 Å². The van der Waals surface area contributed by atoms with Crippen LogP contribution in [-0.4, -0.2) is 44.3 Å². The zero-order valence-corrected chi connectivity index (χ0v) is 14.0. The number of likely N-dealkylation sites (N-methyl/N-ethyl adjacent to an activating group) is 1. The Hall–Kier alpha value is -1.64. The van der Waals surface area contributed by atoms with Gasteiger partial charge in [0.1, 0.15) is 0 Å². The molecule has 1 unspecified atom stereocenters. The maximum atomic E-state index is 3.50. The van der Waals surface area contributed by atoms with Crippen LogP contribution in [0.2, 0.25) is 0 Å². The molecule has 1 aliphatic heterocycles. The molecule has 1 atom stereocenters. The van der Waals surface area contributed by atoms with Gasteiger partial charge in [-0.05, 0) is 17.5 Å². The first-order valence-electron chi connectivity index (χ1n) is 8.88. The van der Waals surface area contributed by atoms with Crippen molar-refractivity contribution in [1.29, 1.82) is 0 Å². The standard InChI is InChI=1S/C21H27N2/c1-23(14-12-22-13-15-23)17-20-16-21(20,18-8-4-2-5-9-18)19-10-6-3-7-11-19/h2-11,20,22H,12-17H2,1H3/q+1. The molecule has 1 N–H and O–H groups in total. The summed E-state index contributed by atoms with van der Waals surface area (Å²) < 4.78 is 1.22. The highest BCUT2D eigenvalue weighted by atomic mass is 15.4. The van der Waals surface area contributed by atoms with Crippen molar-refractivity contribution in [3.8, 4) is 0 Å². The first-order chi connectivity index (χ1) is 11.2. The van der Waals surface area contributed by atoms with Crippen LogP contribution in [0.3, 0.4) is 0 Å². The van der Waals surface area contributed by atoms with Crippen molar-refractivity contribution in [2.45, 2.75) is 11.8 Å². The molecule has 2 aromatic carbocycles. The van der Waals surface area contributed by atoms with Crippen LogP contribution < -0.4 is 5.32 Å². The van der Waals surface area contributed by atoms with Crippen LogP contribution in [-0.2, 0) is 5.41 Å². The van der Waals surface area contributed by atoms with Crippen molar-refractivity contribution in [2.24, 2.45) is 5.92 Å². The lowest BCUT2D eigenvalue weighted by atomic mass is 9.85. The second-order valence-corrected chi connectivity index (χ2v) is 7.60. The van der Waals surface area contributed by atoms with E-state index in [4.69, 9.17) is 0 Å². The van der Waals surface area contributed by atoms with Crippen molar-refractivity contribution in [1.82, 2.24) is 5.32 Å². The Morgan fingerprint density at radius 3 is 1.96 bits per heavy atom. The van der Waals surface area contributed by atoms with Crippen LogP contribution in [0.4, 0.5) is 0 Å². The maximum absolute atomic E-state index is 3.50. The van der Waals surface area contributed by atoms with Gasteiger partial charge in [0, 0.05) is 24.4 Å². The number of nitrogens with one attached hydrogen (secondary N) is 1. The molecule has 1 saturated carbocycles. The third-order valence-electron chi connectivity index (χ3n) is 6.00. The fourth-order valence-electron chi connectivity index (χ4n) is 4.54. The molecule has 2 fully saturated rings. The van der Waals surface area contributed by atoms with Gasteiger partial charge in [-0.2, -0.15) is 0 Å². The summed E-state index contributed by atoms with van der Waals surface area (Å²) in [5.41, 5.74) is 3.24. The van der Waals surface area contributed by atoms with Crippen LogP contribution >= 0.6 is 0 Å². The Morgan fingerprint density at radius 1 is 0.913 bits per heavy atom. The highest BCUT2D eigenvalue weighted by molar-refractivity contribution is 5.47. The lowest BCUT2D eigenvalue weighted by Gasteiger charge is -2.39. The molecule has 2 nitrogen and oxygen atoms in total. The molecule has 1 saturated heterocycles. The molecule has 0 spiro atoms. The van der Waals surface area contributed by atoms with Crippen LogP contribution in [0.15, 0.2) is 60.7 Å². The van der Waals surface area contributed by atoms with Crippen LogP contribution in [0.1, 0.15) is 17.5 Å². The summed E-state index contributed by atoms with van der Waals surface area (Å²) in [5.74, 6) is 0.760. The molecule has 0 aromatic heterocycles. The van der Waals surface area contributed by atoms with E-state index in [1.807, 2.05) is 0 Å². The summed E-state index contributed by atoms with van der Waals surface area (Å²) in [6.07, 6.45) is 1.29. The molecule has 1 aliphatic carbocycles. The van der Waals surface area contributed by atoms with Gasteiger partial charge >= 0.3 is 0 Å². The average molecular weight is 307 g/mol. The summed E-state index contributed by atoms with van der Waals surface area (Å²) in [5, 5.41) is 3.50. The zero-order chi connectivity index (χ0) is 15.8. The summed E-state index contributed by atoms with van der Waals surface area (Å²) in [7, 11) is 2.44. The summed E-state index contributed by atoms with van der Waals surface area (Å²) in [6, 6.07) is 22.3. The highest BCUT2D eigenvalue weighted by Gasteiger charge is 2.58. The second kappa shape index (κ2) is 5.77. The van der Waals surface area contributed by atoms with Crippen molar-refractivity contribution in [2.75, 3.05) is 39.8 Å². The summed E-state index contributed by atoms with van der Waals surface area (Å²) in [6.45, 7) is 6.14. The molecule has 0 bridgehead atoms. The minimum Gasteiger partial charge on any atom is -0.324 e. The molecular formula is C21H27N2+. The number of benzene rings is 2. The average Bonchev–Trinajstić information content (AvgIpc) is 3.31. The quantitative estimate of drug-likeness (QED) is 0.856. The van der Waals surface area contributed by atoms with E-state index < -0.39 is 0 Å². The summed E-state index contributed by atoms with van der Waals surface area (Å²) in [4.78, 5) is 0. The van der Waals surface area contributed by atoms with E-state index in [2.05, 4.69) is 73.0 Å². The minimum absolute atomic E-state index is 0.245. The predicted molar refractivity (Wildman–Crippen MR) is 95.4 cm³/mol. The maximum Gasteiger partial charge on any atom is 0.0911 e. The number of hydrogen-bond donors (Lipinski definition) is 1. The number of nitrogens with zero attached hydrogens (tertiary/aromatic N) is 1. The molecular weight excluding hydrogens is 280 g/mol. The predicted octanol–water partition coefficient (Wildman–Crippen LogP) is 3.04. The Labute approximate surface area is 139 Å². The normalized spacial score (nSPS) is 25.0. The van der Waals surface area contributed by atoms with Gasteiger partial charge in [0.2, 0.25) is 0 Å². The van der Waals surface area contributed by atoms with E-state index in [1.165, 1.54) is 41.7 Å². The zero-order valence-electron chi connectivity index (χ0n) is 14.0. The van der Waals surface area contributed by atoms with Crippen molar-refractivity contribution in [3.63, 3.8) is 0 Å². The largest absolute Gasteiger partial charge is 0.324 e. The number of quaternary nitrogens is 1. The van der Waals surface area contributed by atoms with Crippen LogP contribution in [0.5, 0.6) is 0 Å². The molecule has 2 heteroatoms. The lowest BCUT2D eigenvalue weighted by molar-refractivity contribution is -0.913. The van der Waals surface area contributed by atoms with Gasteiger partial charge in [-0.1, -0.05) is 60.7 Å². The molecule has 2 aliphatic rings. The molecule has 2 aromatic rings. The van der Waals surface area contributed by atoms with Gasteiger partial charge in [0.25, 0.3) is 0 Å². The van der Waals surface area contributed by atoms with E-state index in [0.29, 0.717) is 0 Å². The van der Waals surface area contributed by atoms with E-state index in [1.54, 1.807) is 0 Å². The fraction of sp³-hybridized carbons (Fsp3) is 0.429. The number of rotatable bonds is 4. The fourth-order valence-corrected chi connectivity index (χ4v) is 4.54. The van der Waals surface area contributed by atoms with E-state index >= 15 is 0 Å². The number of piperazine rings is 1. The SMILES string of the molecule is C[N+]1(CC2CC2(c2ccccc2)c2ccccc2)CCNCC1. The Bertz CT molecular complexity index is 605. The molecule has 120 valence electrons. The van der Waals surface area contributed by atoms with E-state index in [0.717, 1.165) is 19.0 Å². The van der Waals surface area contributed by atoms with Crippen molar-refractivity contribution < 1.29 is 4.48 Å². The van der Waals surface area contributed by atoms with Gasteiger partial charge in [0.15, 0.2) is 0 Å². The van der Waals surface area contributed by atoms with Gasteiger partial charge in [-0.3, -0.25) is 0 Å². The van der Waals surface area contributed by atoms with Gasteiger partial charge in [0.05, 0.1) is 26.7 Å². The Morgan fingerprint density at radius 2 is 1.43 bits per heavy atom. The van der Waals surface area contributed by atoms with Gasteiger partial charge in [-0.15, -0.1) is 0 Å². The third-order valence-corrected chi connectivity index (χ3v) is 6.00. The first kappa shape index (κ1) is 14.9. The lowest BCUT2D eigenvalue weighted by Crippen LogP contribution is -2.57. The summed E-state index contributed by atoms with van der Waals surface area (Å²) >= 11 is 0.